The first-order valence-corrected chi connectivity index (χ1v) is 13.5. The Morgan fingerprint density at radius 1 is 1.22 bits per heavy atom. The molecule has 13 heteroatoms. The molecule has 0 radical (unpaired) electrons. The van der Waals surface area contributed by atoms with Crippen molar-refractivity contribution in [1.29, 1.82) is 0 Å². The van der Waals surface area contributed by atoms with E-state index in [1.54, 1.807) is 18.5 Å². The van der Waals surface area contributed by atoms with E-state index in [0.29, 0.717) is 35.4 Å². The number of nitrogens with two attached hydrogens (primary N) is 1. The highest BCUT2D eigenvalue weighted by Gasteiger charge is 2.45. The zero-order valence-electron chi connectivity index (χ0n) is 22.4. The van der Waals surface area contributed by atoms with Gasteiger partial charge in [-0.25, -0.2) is 9.97 Å². The highest BCUT2D eigenvalue weighted by molar-refractivity contribution is 6.00. The van der Waals surface area contributed by atoms with Crippen LogP contribution < -0.4 is 5.73 Å². The lowest BCUT2D eigenvalue weighted by atomic mass is 9.85. The van der Waals surface area contributed by atoms with Gasteiger partial charge in [0, 0.05) is 35.3 Å². The van der Waals surface area contributed by atoms with Crippen molar-refractivity contribution in [3.05, 3.63) is 53.6 Å². The van der Waals surface area contributed by atoms with E-state index in [0.717, 1.165) is 24.0 Å². The van der Waals surface area contributed by atoms with E-state index >= 15 is 0 Å². The molecule has 13 nitrogen and oxygen atoms in total. The molecular formula is C28H29N9O4. The fraction of sp³-hybridized carbons (Fsp3) is 0.393. The number of rotatable bonds is 7. The van der Waals surface area contributed by atoms with Crippen LogP contribution in [0.5, 0.6) is 0 Å². The Hall–Kier alpha value is -4.67. The summed E-state index contributed by atoms with van der Waals surface area (Å²) in [7, 11) is 0. The van der Waals surface area contributed by atoms with Crippen LogP contribution in [0.2, 0.25) is 0 Å². The lowest BCUT2D eigenvalue weighted by Crippen LogP contribution is -2.46. The average Bonchev–Trinajstić information content (AvgIpc) is 3.71. The van der Waals surface area contributed by atoms with Crippen molar-refractivity contribution < 1.29 is 19.4 Å². The molecule has 4 N–H and O–H groups in total. The number of anilines is 1. The summed E-state index contributed by atoms with van der Waals surface area (Å²) in [6.45, 7) is 1.88. The maximum Gasteiger partial charge on any atom is 0.292 e. The van der Waals surface area contributed by atoms with Crippen molar-refractivity contribution in [2.24, 2.45) is 0 Å². The van der Waals surface area contributed by atoms with Gasteiger partial charge in [0.25, 0.3) is 5.91 Å². The number of ether oxygens (including phenoxy) is 1. The number of nitrogen functional groups attached to an aromatic ring is 1. The standard InChI is InChI=1S/C28H29N9O4/c1-16(39)23-24(18-11-20-6-7-21(12-18)36(20)28(40)26-31-15-32-35-26)34-27-22(14-33-37(27)25(23)29)17-4-5-19(30-13-17)3-2-9-41-10-8-38/h4-5,13-15,18,20-21,38H,6-12,29H2,1H3,(H,31,32,35)/t18-,20-,21+. The topological polar surface area (TPSA) is 178 Å². The lowest BCUT2D eigenvalue weighted by molar-refractivity contribution is 0.0556. The Balaban J connectivity index is 1.31. The first-order chi connectivity index (χ1) is 20.0. The van der Waals surface area contributed by atoms with Gasteiger partial charge in [0.15, 0.2) is 11.4 Å². The molecule has 0 aliphatic carbocycles. The second-order valence-corrected chi connectivity index (χ2v) is 10.2. The summed E-state index contributed by atoms with van der Waals surface area (Å²) in [4.78, 5) is 40.1. The number of piperidine rings is 1. The van der Waals surface area contributed by atoms with Crippen molar-refractivity contribution in [2.45, 2.75) is 50.6 Å². The molecule has 4 aromatic rings. The number of aliphatic hydroxyl groups is 1. The van der Waals surface area contributed by atoms with Gasteiger partial charge in [-0.2, -0.15) is 9.61 Å². The van der Waals surface area contributed by atoms with Crippen LogP contribution in [0.3, 0.4) is 0 Å². The molecule has 6 rings (SSSR count). The monoisotopic (exact) mass is 555 g/mol. The molecule has 2 bridgehead atoms. The van der Waals surface area contributed by atoms with Crippen molar-refractivity contribution in [3.8, 4) is 23.0 Å². The molecule has 0 unspecified atom stereocenters. The van der Waals surface area contributed by atoms with Gasteiger partial charge < -0.3 is 25.5 Å². The van der Waals surface area contributed by atoms with E-state index in [1.165, 1.54) is 17.8 Å². The number of fused-ring (bicyclic) bond motifs is 3. The first-order valence-electron chi connectivity index (χ1n) is 13.5. The molecule has 3 atom stereocenters. The maximum absolute atomic E-state index is 13.1. The van der Waals surface area contributed by atoms with Gasteiger partial charge in [-0.1, -0.05) is 5.92 Å². The van der Waals surface area contributed by atoms with Gasteiger partial charge >= 0.3 is 0 Å². The number of pyridine rings is 1. The van der Waals surface area contributed by atoms with Gasteiger partial charge in [-0.05, 0) is 50.7 Å². The molecular weight excluding hydrogens is 526 g/mol. The number of H-pyrrole nitrogens is 1. The van der Waals surface area contributed by atoms with Crippen molar-refractivity contribution in [2.75, 3.05) is 25.6 Å². The molecule has 0 spiro atoms. The molecule has 2 saturated heterocycles. The number of Topliss-reactive ketones (excluding diaryl/α,β-unsaturated/α-hetero) is 1. The van der Waals surface area contributed by atoms with Gasteiger partial charge in [-0.3, -0.25) is 9.59 Å². The van der Waals surface area contributed by atoms with E-state index in [9.17, 15) is 9.59 Å². The maximum atomic E-state index is 13.1. The van der Waals surface area contributed by atoms with E-state index in [4.69, 9.17) is 20.6 Å². The number of amides is 1. The van der Waals surface area contributed by atoms with Crippen LogP contribution in [0.15, 0.2) is 30.9 Å². The van der Waals surface area contributed by atoms with E-state index in [2.05, 4.69) is 37.1 Å². The summed E-state index contributed by atoms with van der Waals surface area (Å²) in [5.74, 6) is 5.89. The zero-order chi connectivity index (χ0) is 28.5. The summed E-state index contributed by atoms with van der Waals surface area (Å²) < 4.78 is 6.65. The number of aromatic amines is 1. The minimum atomic E-state index is -0.177. The van der Waals surface area contributed by atoms with E-state index in [1.807, 2.05) is 11.0 Å². The number of aliphatic hydroxyl groups excluding tert-OH is 1. The van der Waals surface area contributed by atoms with E-state index in [-0.39, 0.29) is 61.2 Å². The molecule has 210 valence electrons. The molecule has 41 heavy (non-hydrogen) atoms. The van der Waals surface area contributed by atoms with Crippen molar-refractivity contribution in [3.63, 3.8) is 0 Å². The van der Waals surface area contributed by atoms with Crippen LogP contribution in [0.4, 0.5) is 5.82 Å². The Labute approximate surface area is 235 Å². The molecule has 1 amide bonds. The summed E-state index contributed by atoms with van der Waals surface area (Å²) in [5.41, 5.74) is 10.2. The predicted molar refractivity (Wildman–Crippen MR) is 147 cm³/mol. The lowest BCUT2D eigenvalue weighted by Gasteiger charge is -2.38. The second-order valence-electron chi connectivity index (χ2n) is 10.2. The fourth-order valence-corrected chi connectivity index (χ4v) is 6.00. The SMILES string of the molecule is CC(=O)c1c([C@@H]2C[C@H]3CC[C@@H](C2)N3C(=O)c2nnc[nH]2)nc2c(-c3ccc(C#CCOCCO)nc3)cnn2c1N. The van der Waals surface area contributed by atoms with Crippen LogP contribution >= 0.6 is 0 Å². The van der Waals surface area contributed by atoms with Crippen LogP contribution in [-0.4, -0.2) is 88.4 Å². The minimum Gasteiger partial charge on any atom is -0.394 e. The van der Waals surface area contributed by atoms with Crippen molar-refractivity contribution >= 4 is 23.2 Å². The first kappa shape index (κ1) is 26.5. The minimum absolute atomic E-state index is 0.00619. The van der Waals surface area contributed by atoms with Crippen LogP contribution in [0.1, 0.15) is 70.9 Å². The Kier molecular flexibility index (Phi) is 7.17. The summed E-state index contributed by atoms with van der Waals surface area (Å²) in [6, 6.07) is 3.69. The molecule has 0 saturated carbocycles. The van der Waals surface area contributed by atoms with E-state index < -0.39 is 0 Å². The molecule has 6 heterocycles. The number of carbonyl (C=O) groups excluding carboxylic acids is 2. The number of aromatic nitrogens is 7. The summed E-state index contributed by atoms with van der Waals surface area (Å²) >= 11 is 0. The quantitative estimate of drug-likeness (QED) is 0.172. The Bertz CT molecular complexity index is 1640. The highest BCUT2D eigenvalue weighted by Crippen LogP contribution is 2.45. The summed E-state index contributed by atoms with van der Waals surface area (Å²) in [6.07, 6.45) is 7.85. The number of nitrogens with zero attached hydrogens (tertiary/aromatic N) is 7. The third-order valence-corrected chi connectivity index (χ3v) is 7.74. The van der Waals surface area contributed by atoms with Crippen LogP contribution in [0, 0.1) is 11.8 Å². The normalized spacial score (nSPS) is 19.8. The summed E-state index contributed by atoms with van der Waals surface area (Å²) in [5, 5.41) is 20.9. The number of hydrogen-bond donors (Lipinski definition) is 3. The number of nitrogens with one attached hydrogen (secondary N) is 1. The van der Waals surface area contributed by atoms with Gasteiger partial charge in [0.2, 0.25) is 5.82 Å². The van der Waals surface area contributed by atoms with Crippen LogP contribution in [-0.2, 0) is 4.74 Å². The molecule has 2 fully saturated rings. The smallest absolute Gasteiger partial charge is 0.292 e. The van der Waals surface area contributed by atoms with Gasteiger partial charge in [0.05, 0.1) is 30.7 Å². The second kappa shape index (κ2) is 11.1. The van der Waals surface area contributed by atoms with Gasteiger partial charge in [0.1, 0.15) is 24.4 Å². The number of ketones is 1. The fourth-order valence-electron chi connectivity index (χ4n) is 6.00. The highest BCUT2D eigenvalue weighted by atomic mass is 16.5. The average molecular weight is 556 g/mol. The number of hydrogen-bond acceptors (Lipinski definition) is 10. The third-order valence-electron chi connectivity index (χ3n) is 7.74. The molecule has 0 aromatic carbocycles. The number of carbonyl (C=O) groups is 2. The Morgan fingerprint density at radius 3 is 2.68 bits per heavy atom. The van der Waals surface area contributed by atoms with Crippen molar-refractivity contribution in [1.82, 2.24) is 39.7 Å². The molecule has 4 aromatic heterocycles. The predicted octanol–water partition coefficient (Wildman–Crippen LogP) is 1.61. The third kappa shape index (κ3) is 4.92. The molecule has 2 aliphatic heterocycles. The Morgan fingerprint density at radius 2 is 2.02 bits per heavy atom. The van der Waals surface area contributed by atoms with Crippen LogP contribution in [0.25, 0.3) is 16.8 Å². The largest absolute Gasteiger partial charge is 0.394 e. The zero-order valence-corrected chi connectivity index (χ0v) is 22.4. The molecule has 2 aliphatic rings. The van der Waals surface area contributed by atoms with Gasteiger partial charge in [-0.15, -0.1) is 10.2 Å².